The summed E-state index contributed by atoms with van der Waals surface area (Å²) >= 11 is 6.30. The summed E-state index contributed by atoms with van der Waals surface area (Å²) in [6, 6.07) is 8.60. The second kappa shape index (κ2) is 10.9. The van der Waals surface area contributed by atoms with Crippen molar-refractivity contribution >= 4 is 17.5 Å². The molecule has 6 nitrogen and oxygen atoms in total. The molecule has 0 radical (unpaired) electrons. The Morgan fingerprint density at radius 1 is 0.941 bits per heavy atom. The summed E-state index contributed by atoms with van der Waals surface area (Å²) in [5.74, 6) is 2.41. The van der Waals surface area contributed by atoms with Gasteiger partial charge in [0.25, 0.3) is 0 Å². The SMILES string of the molecule is COc1cc2c(cc1Cl)CCN(CCCN(C)C1CCc3cc(OC)c(OC)cc3C1)C(=O)C2. The number of carbonyl (C=O) groups is 1. The van der Waals surface area contributed by atoms with Crippen LogP contribution in [0.4, 0.5) is 0 Å². The first-order valence-electron chi connectivity index (χ1n) is 12.0. The zero-order valence-corrected chi connectivity index (χ0v) is 21.4. The molecule has 4 rings (SSSR count). The number of rotatable bonds is 8. The van der Waals surface area contributed by atoms with Gasteiger partial charge in [0.05, 0.1) is 32.8 Å². The van der Waals surface area contributed by atoms with Crippen LogP contribution >= 0.6 is 11.6 Å². The Balaban J connectivity index is 1.31. The predicted octanol–water partition coefficient (Wildman–Crippen LogP) is 4.17. The number of benzene rings is 2. The van der Waals surface area contributed by atoms with Crippen LogP contribution in [0.1, 0.15) is 35.1 Å². The topological polar surface area (TPSA) is 51.2 Å². The van der Waals surface area contributed by atoms with Crippen LogP contribution in [0.3, 0.4) is 0 Å². The minimum atomic E-state index is 0.179. The van der Waals surface area contributed by atoms with Crippen molar-refractivity contribution in [1.82, 2.24) is 9.80 Å². The zero-order valence-electron chi connectivity index (χ0n) is 20.7. The molecule has 1 aliphatic carbocycles. The second-order valence-electron chi connectivity index (χ2n) is 9.27. The number of carbonyl (C=O) groups excluding carboxylic acids is 1. The molecule has 0 saturated carbocycles. The molecule has 0 bridgehead atoms. The smallest absolute Gasteiger partial charge is 0.227 e. The number of hydrogen-bond donors (Lipinski definition) is 0. The van der Waals surface area contributed by atoms with Gasteiger partial charge in [-0.25, -0.2) is 0 Å². The van der Waals surface area contributed by atoms with Crippen LogP contribution in [-0.2, 0) is 30.5 Å². The van der Waals surface area contributed by atoms with Gasteiger partial charge in [-0.3, -0.25) is 4.79 Å². The lowest BCUT2D eigenvalue weighted by Crippen LogP contribution is -2.39. The maximum absolute atomic E-state index is 12.9. The highest BCUT2D eigenvalue weighted by Gasteiger charge is 2.25. The third-order valence-electron chi connectivity index (χ3n) is 7.29. The fourth-order valence-corrected chi connectivity index (χ4v) is 5.48. The van der Waals surface area contributed by atoms with E-state index < -0.39 is 0 Å². The number of methoxy groups -OCH3 is 3. The summed E-state index contributed by atoms with van der Waals surface area (Å²) < 4.78 is 16.3. The lowest BCUT2D eigenvalue weighted by molar-refractivity contribution is -0.130. The molecule has 2 aromatic rings. The molecule has 0 N–H and O–H groups in total. The van der Waals surface area contributed by atoms with Gasteiger partial charge < -0.3 is 24.0 Å². The van der Waals surface area contributed by atoms with Crippen molar-refractivity contribution in [3.8, 4) is 17.2 Å². The molecule has 2 aliphatic rings. The van der Waals surface area contributed by atoms with E-state index in [4.69, 9.17) is 25.8 Å². The third-order valence-corrected chi connectivity index (χ3v) is 7.59. The van der Waals surface area contributed by atoms with Gasteiger partial charge in [0.2, 0.25) is 5.91 Å². The Labute approximate surface area is 207 Å². The van der Waals surface area contributed by atoms with Gasteiger partial charge in [0, 0.05) is 19.1 Å². The van der Waals surface area contributed by atoms with E-state index in [0.29, 0.717) is 23.2 Å². The van der Waals surface area contributed by atoms with E-state index in [0.717, 1.165) is 74.4 Å². The molecule has 1 amide bonds. The number of nitrogens with zero attached hydrogens (tertiary/aromatic N) is 2. The largest absolute Gasteiger partial charge is 0.495 e. The van der Waals surface area contributed by atoms with Crippen molar-refractivity contribution < 1.29 is 19.0 Å². The van der Waals surface area contributed by atoms with Crippen molar-refractivity contribution in [2.24, 2.45) is 0 Å². The Hall–Kier alpha value is -2.44. The third kappa shape index (κ3) is 5.28. The van der Waals surface area contributed by atoms with Gasteiger partial charge in [0.1, 0.15) is 5.75 Å². The molecule has 184 valence electrons. The number of hydrogen-bond acceptors (Lipinski definition) is 5. The monoisotopic (exact) mass is 486 g/mol. The highest BCUT2D eigenvalue weighted by Crippen LogP contribution is 2.35. The summed E-state index contributed by atoms with van der Waals surface area (Å²) in [5.41, 5.74) is 4.87. The highest BCUT2D eigenvalue weighted by molar-refractivity contribution is 6.32. The number of halogens is 1. The molecule has 0 spiro atoms. The number of ether oxygens (including phenoxy) is 3. The number of amides is 1. The molecule has 34 heavy (non-hydrogen) atoms. The van der Waals surface area contributed by atoms with E-state index in [1.54, 1.807) is 21.3 Å². The van der Waals surface area contributed by atoms with Gasteiger partial charge in [-0.15, -0.1) is 0 Å². The minimum Gasteiger partial charge on any atom is -0.495 e. The molecule has 1 aliphatic heterocycles. The Kier molecular flexibility index (Phi) is 7.89. The summed E-state index contributed by atoms with van der Waals surface area (Å²) in [5, 5.41) is 0.605. The first-order chi connectivity index (χ1) is 16.4. The van der Waals surface area contributed by atoms with Gasteiger partial charge in [-0.2, -0.15) is 0 Å². The molecular formula is C27H35ClN2O4. The average Bonchev–Trinajstić information content (AvgIpc) is 2.99. The molecule has 0 aromatic heterocycles. The summed E-state index contributed by atoms with van der Waals surface area (Å²) in [6.07, 6.45) is 5.36. The summed E-state index contributed by atoms with van der Waals surface area (Å²) in [7, 11) is 7.17. The first-order valence-corrected chi connectivity index (χ1v) is 12.4. The van der Waals surface area contributed by atoms with Crippen LogP contribution in [0.15, 0.2) is 24.3 Å². The van der Waals surface area contributed by atoms with E-state index in [9.17, 15) is 4.79 Å². The van der Waals surface area contributed by atoms with Crippen LogP contribution in [-0.4, -0.2) is 69.8 Å². The fourth-order valence-electron chi connectivity index (χ4n) is 5.22. The summed E-state index contributed by atoms with van der Waals surface area (Å²) in [6.45, 7) is 2.47. The quantitative estimate of drug-likeness (QED) is 0.560. The van der Waals surface area contributed by atoms with E-state index >= 15 is 0 Å². The van der Waals surface area contributed by atoms with Crippen LogP contribution < -0.4 is 14.2 Å². The summed E-state index contributed by atoms with van der Waals surface area (Å²) in [4.78, 5) is 17.4. The predicted molar refractivity (Wildman–Crippen MR) is 135 cm³/mol. The van der Waals surface area contributed by atoms with Gasteiger partial charge >= 0.3 is 0 Å². The Morgan fingerprint density at radius 3 is 2.29 bits per heavy atom. The molecule has 7 heteroatoms. The maximum Gasteiger partial charge on any atom is 0.227 e. The number of aryl methyl sites for hydroxylation is 1. The molecule has 0 fully saturated rings. The molecule has 1 unspecified atom stereocenters. The molecule has 0 saturated heterocycles. The number of fused-ring (bicyclic) bond motifs is 2. The lowest BCUT2D eigenvalue weighted by atomic mass is 9.87. The van der Waals surface area contributed by atoms with Crippen LogP contribution in [0.25, 0.3) is 0 Å². The van der Waals surface area contributed by atoms with Crippen LogP contribution in [0.2, 0.25) is 5.02 Å². The van der Waals surface area contributed by atoms with E-state index in [-0.39, 0.29) is 5.91 Å². The van der Waals surface area contributed by atoms with Crippen molar-refractivity contribution in [1.29, 1.82) is 0 Å². The highest BCUT2D eigenvalue weighted by atomic mass is 35.5. The first kappa shape index (κ1) is 24.7. The molecule has 2 aromatic carbocycles. The lowest BCUT2D eigenvalue weighted by Gasteiger charge is -2.33. The van der Waals surface area contributed by atoms with Crippen molar-refractivity contribution in [3.05, 3.63) is 51.5 Å². The number of likely N-dealkylation sites (N-methyl/N-ethyl adjacent to an activating group) is 1. The molecule has 1 atom stereocenters. The minimum absolute atomic E-state index is 0.179. The van der Waals surface area contributed by atoms with Crippen LogP contribution in [0, 0.1) is 0 Å². The van der Waals surface area contributed by atoms with E-state index in [2.05, 4.69) is 24.1 Å². The van der Waals surface area contributed by atoms with Gasteiger partial charge in [0.15, 0.2) is 11.5 Å². The zero-order chi connectivity index (χ0) is 24.2. The standard InChI is InChI=1S/C27H35ClN2O4/c1-29(22-7-6-18-14-25(33-3)26(34-4)16-20(18)12-22)9-5-10-30-11-8-19-13-23(28)24(32-2)15-21(19)17-27(30)31/h13-16,22H,5-12,17H2,1-4H3. The second-order valence-corrected chi connectivity index (χ2v) is 9.68. The Morgan fingerprint density at radius 2 is 1.59 bits per heavy atom. The Bertz CT molecular complexity index is 1040. The van der Waals surface area contributed by atoms with E-state index in [1.165, 1.54) is 11.1 Å². The van der Waals surface area contributed by atoms with Crippen molar-refractivity contribution in [2.45, 2.75) is 44.6 Å². The van der Waals surface area contributed by atoms with Crippen molar-refractivity contribution in [3.63, 3.8) is 0 Å². The van der Waals surface area contributed by atoms with Crippen LogP contribution in [0.5, 0.6) is 17.2 Å². The molecular weight excluding hydrogens is 452 g/mol. The van der Waals surface area contributed by atoms with E-state index in [1.807, 2.05) is 17.0 Å². The maximum atomic E-state index is 12.9. The van der Waals surface area contributed by atoms with Gasteiger partial charge in [-0.05, 0) is 92.2 Å². The molecule has 1 heterocycles. The van der Waals surface area contributed by atoms with Gasteiger partial charge in [-0.1, -0.05) is 11.6 Å². The van der Waals surface area contributed by atoms with Crippen molar-refractivity contribution in [2.75, 3.05) is 48.0 Å². The average molecular weight is 487 g/mol. The fraction of sp³-hybridized carbons (Fsp3) is 0.519. The normalized spacial score (nSPS) is 17.8.